The quantitative estimate of drug-likeness (QED) is 0.720. The zero-order valence-corrected chi connectivity index (χ0v) is 11.3. The molecule has 0 aliphatic rings. The number of thiol groups is 1. The Hall–Kier alpha value is -1.17. The van der Waals surface area contributed by atoms with Crippen molar-refractivity contribution in [3.8, 4) is 0 Å². The first-order valence-electron chi connectivity index (χ1n) is 5.49. The fourth-order valence-electron chi connectivity index (χ4n) is 1.30. The largest absolute Gasteiger partial charge is 0.444 e. The molecule has 0 aromatic carbocycles. The van der Waals surface area contributed by atoms with Gasteiger partial charge in [0.05, 0.1) is 0 Å². The van der Waals surface area contributed by atoms with Gasteiger partial charge < -0.3 is 10.1 Å². The monoisotopic (exact) mass is 257 g/mol. The lowest BCUT2D eigenvalue weighted by molar-refractivity contribution is 0.0509. The van der Waals surface area contributed by atoms with Crippen LogP contribution in [0.5, 0.6) is 0 Å². The highest BCUT2D eigenvalue weighted by Gasteiger charge is 2.19. The summed E-state index contributed by atoms with van der Waals surface area (Å²) in [5.74, 6) is 0.540. The predicted octanol–water partition coefficient (Wildman–Crippen LogP) is 1.78. The first kappa shape index (κ1) is 13.9. The van der Waals surface area contributed by atoms with Crippen LogP contribution in [-0.4, -0.2) is 33.7 Å². The van der Waals surface area contributed by atoms with Gasteiger partial charge in [-0.15, -0.1) is 0 Å². The number of H-pyrrole nitrogens is 1. The van der Waals surface area contributed by atoms with Crippen LogP contribution in [0.25, 0.3) is 0 Å². The summed E-state index contributed by atoms with van der Waals surface area (Å²) >= 11 is 4.21. The predicted molar refractivity (Wildman–Crippen MR) is 69.3 cm³/mol. The summed E-state index contributed by atoms with van der Waals surface area (Å²) in [6.07, 6.45) is 1.91. The maximum Gasteiger partial charge on any atom is 0.407 e. The van der Waals surface area contributed by atoms with Gasteiger partial charge >= 0.3 is 6.09 Å². The summed E-state index contributed by atoms with van der Waals surface area (Å²) in [7, 11) is 0. The molecule has 17 heavy (non-hydrogen) atoms. The maximum absolute atomic E-state index is 11.6. The second-order valence-electron chi connectivity index (χ2n) is 4.81. The molecule has 2 N–H and O–H groups in total. The van der Waals surface area contributed by atoms with Gasteiger partial charge in [0.25, 0.3) is 0 Å². The van der Waals surface area contributed by atoms with Crippen molar-refractivity contribution in [1.82, 2.24) is 15.5 Å². The SMILES string of the molecule is CC(C)(C)OC(=O)N[C@@H](CS)Cc1ccn[nH]1. The lowest BCUT2D eigenvalue weighted by Gasteiger charge is -2.22. The maximum atomic E-state index is 11.6. The number of ether oxygens (including phenoxy) is 1. The first-order valence-corrected chi connectivity index (χ1v) is 6.12. The minimum atomic E-state index is -0.487. The number of hydrogen-bond acceptors (Lipinski definition) is 4. The minimum absolute atomic E-state index is 0.0753. The molecule has 1 aromatic rings. The third kappa shape index (κ3) is 5.63. The number of aromatic amines is 1. The van der Waals surface area contributed by atoms with E-state index in [1.54, 1.807) is 6.20 Å². The Labute approximate surface area is 107 Å². The highest BCUT2D eigenvalue weighted by molar-refractivity contribution is 7.80. The topological polar surface area (TPSA) is 67.0 Å². The van der Waals surface area contributed by atoms with E-state index in [9.17, 15) is 4.79 Å². The summed E-state index contributed by atoms with van der Waals surface area (Å²) < 4.78 is 5.18. The standard InChI is InChI=1S/C11H19N3O2S/c1-11(2,3)16-10(15)13-9(7-17)6-8-4-5-12-14-8/h4-5,9,17H,6-7H2,1-3H3,(H,12,14)(H,13,15)/t9-/m1/s1. The lowest BCUT2D eigenvalue weighted by Crippen LogP contribution is -2.41. The van der Waals surface area contributed by atoms with E-state index in [2.05, 4.69) is 28.1 Å². The Bertz CT molecular complexity index is 346. The fourth-order valence-corrected chi connectivity index (χ4v) is 1.52. The number of hydrogen-bond donors (Lipinski definition) is 3. The molecule has 0 fully saturated rings. The van der Waals surface area contributed by atoms with Crippen LogP contribution in [0.1, 0.15) is 26.5 Å². The van der Waals surface area contributed by atoms with Crippen LogP contribution in [0.2, 0.25) is 0 Å². The average Bonchev–Trinajstić information content (AvgIpc) is 2.66. The Morgan fingerprint density at radius 3 is 2.82 bits per heavy atom. The van der Waals surface area contributed by atoms with Crippen molar-refractivity contribution < 1.29 is 9.53 Å². The Morgan fingerprint density at radius 2 is 2.35 bits per heavy atom. The van der Waals surface area contributed by atoms with Gasteiger partial charge in [0.1, 0.15) is 5.60 Å². The fraction of sp³-hybridized carbons (Fsp3) is 0.636. The highest BCUT2D eigenvalue weighted by Crippen LogP contribution is 2.08. The summed E-state index contributed by atoms with van der Waals surface area (Å²) in [6, 6.07) is 1.79. The molecule has 0 saturated carbocycles. The van der Waals surface area contributed by atoms with Crippen LogP contribution < -0.4 is 5.32 Å². The zero-order chi connectivity index (χ0) is 12.9. The number of rotatable bonds is 4. The van der Waals surface area contributed by atoms with E-state index in [1.807, 2.05) is 26.8 Å². The molecule has 0 aliphatic heterocycles. The summed E-state index contributed by atoms with van der Waals surface area (Å²) in [5, 5.41) is 9.48. The van der Waals surface area contributed by atoms with Gasteiger partial charge in [0.15, 0.2) is 0 Å². The van der Waals surface area contributed by atoms with E-state index in [0.717, 1.165) is 5.69 Å². The molecule has 1 rings (SSSR count). The zero-order valence-electron chi connectivity index (χ0n) is 10.4. The molecule has 0 radical (unpaired) electrons. The number of carbonyl (C=O) groups is 1. The van der Waals surface area contributed by atoms with Gasteiger partial charge in [-0.25, -0.2) is 4.79 Å². The molecule has 6 heteroatoms. The van der Waals surface area contributed by atoms with Crippen molar-refractivity contribution in [2.45, 2.75) is 38.8 Å². The van der Waals surface area contributed by atoms with Crippen LogP contribution in [0, 0.1) is 0 Å². The summed E-state index contributed by atoms with van der Waals surface area (Å²) in [4.78, 5) is 11.6. The van der Waals surface area contributed by atoms with Crippen LogP contribution >= 0.6 is 12.6 Å². The van der Waals surface area contributed by atoms with E-state index in [1.165, 1.54) is 0 Å². The number of alkyl carbamates (subject to hydrolysis) is 1. The normalized spacial score (nSPS) is 13.2. The molecule has 0 bridgehead atoms. The average molecular weight is 257 g/mol. The molecule has 0 aliphatic carbocycles. The van der Waals surface area contributed by atoms with Crippen molar-refractivity contribution in [1.29, 1.82) is 0 Å². The van der Waals surface area contributed by atoms with Gasteiger partial charge in [-0.05, 0) is 26.8 Å². The van der Waals surface area contributed by atoms with E-state index in [4.69, 9.17) is 4.74 Å². The van der Waals surface area contributed by atoms with Crippen molar-refractivity contribution in [3.63, 3.8) is 0 Å². The number of carbonyl (C=O) groups excluding carboxylic acids is 1. The highest BCUT2D eigenvalue weighted by atomic mass is 32.1. The van der Waals surface area contributed by atoms with Crippen LogP contribution in [0.15, 0.2) is 12.3 Å². The van der Waals surface area contributed by atoms with Crippen LogP contribution in [0.3, 0.4) is 0 Å². The third-order valence-corrected chi connectivity index (χ3v) is 2.41. The number of amides is 1. The molecular formula is C11H19N3O2S. The van der Waals surface area contributed by atoms with Gasteiger partial charge in [-0.3, -0.25) is 5.10 Å². The molecule has 0 unspecified atom stereocenters. The molecule has 1 amide bonds. The third-order valence-electron chi connectivity index (χ3n) is 1.97. The number of aromatic nitrogens is 2. The first-order chi connectivity index (χ1) is 7.90. The van der Waals surface area contributed by atoms with E-state index in [-0.39, 0.29) is 6.04 Å². The molecule has 96 valence electrons. The Kier molecular flexibility index (Phi) is 4.86. The van der Waals surface area contributed by atoms with Gasteiger partial charge in [0, 0.05) is 30.1 Å². The smallest absolute Gasteiger partial charge is 0.407 e. The molecule has 1 aromatic heterocycles. The molecule has 5 nitrogen and oxygen atoms in total. The second-order valence-corrected chi connectivity index (χ2v) is 5.18. The molecule has 0 saturated heterocycles. The number of nitrogens with one attached hydrogen (secondary N) is 2. The Morgan fingerprint density at radius 1 is 1.65 bits per heavy atom. The molecule has 0 spiro atoms. The van der Waals surface area contributed by atoms with Gasteiger partial charge in [-0.2, -0.15) is 17.7 Å². The minimum Gasteiger partial charge on any atom is -0.444 e. The van der Waals surface area contributed by atoms with Crippen molar-refractivity contribution >= 4 is 18.7 Å². The molecule has 1 heterocycles. The molecule has 1 atom stereocenters. The van der Waals surface area contributed by atoms with Gasteiger partial charge in [-0.1, -0.05) is 0 Å². The number of nitrogens with zero attached hydrogens (tertiary/aromatic N) is 1. The van der Waals surface area contributed by atoms with Crippen LogP contribution in [0.4, 0.5) is 4.79 Å². The van der Waals surface area contributed by atoms with E-state index < -0.39 is 11.7 Å². The van der Waals surface area contributed by atoms with Crippen molar-refractivity contribution in [2.75, 3.05) is 5.75 Å². The van der Waals surface area contributed by atoms with Gasteiger partial charge in [0.2, 0.25) is 0 Å². The van der Waals surface area contributed by atoms with Crippen molar-refractivity contribution in [3.05, 3.63) is 18.0 Å². The summed E-state index contributed by atoms with van der Waals surface area (Å²) in [6.45, 7) is 5.49. The Balaban J connectivity index is 2.44. The van der Waals surface area contributed by atoms with Crippen molar-refractivity contribution in [2.24, 2.45) is 0 Å². The molecular weight excluding hydrogens is 238 g/mol. The summed E-state index contributed by atoms with van der Waals surface area (Å²) in [5.41, 5.74) is 0.472. The van der Waals surface area contributed by atoms with E-state index in [0.29, 0.717) is 12.2 Å². The second kappa shape index (κ2) is 5.95. The van der Waals surface area contributed by atoms with Crippen LogP contribution in [-0.2, 0) is 11.2 Å². The van der Waals surface area contributed by atoms with E-state index >= 15 is 0 Å². The lowest BCUT2D eigenvalue weighted by atomic mass is 10.2.